The fourth-order valence-electron chi connectivity index (χ4n) is 4.73. The summed E-state index contributed by atoms with van der Waals surface area (Å²) in [6.45, 7) is 6.55. The van der Waals surface area contributed by atoms with E-state index < -0.39 is 0 Å². The highest BCUT2D eigenvalue weighted by molar-refractivity contribution is 5.97. The normalized spacial score (nSPS) is 16.2. The highest BCUT2D eigenvalue weighted by atomic mass is 16.5. The van der Waals surface area contributed by atoms with Gasteiger partial charge in [0.15, 0.2) is 11.9 Å². The lowest BCUT2D eigenvalue weighted by molar-refractivity contribution is -0.688. The SMILES string of the molecule is N#Cc1cccc(-c2c[n+]3c(c4cc(OCCCN5CCOCC5)ccc24)CCC3)c1. The van der Waals surface area contributed by atoms with E-state index >= 15 is 0 Å². The molecule has 5 nitrogen and oxygen atoms in total. The zero-order chi connectivity index (χ0) is 21.0. The average molecular weight is 415 g/mol. The lowest BCUT2D eigenvalue weighted by atomic mass is 9.97. The summed E-state index contributed by atoms with van der Waals surface area (Å²) in [7, 11) is 0. The van der Waals surface area contributed by atoms with Crippen LogP contribution in [-0.4, -0.2) is 44.4 Å². The van der Waals surface area contributed by atoms with Gasteiger partial charge < -0.3 is 9.47 Å². The van der Waals surface area contributed by atoms with Gasteiger partial charge in [0.25, 0.3) is 0 Å². The molecule has 1 fully saturated rings. The third-order valence-electron chi connectivity index (χ3n) is 6.33. The van der Waals surface area contributed by atoms with Gasteiger partial charge in [0, 0.05) is 37.9 Å². The van der Waals surface area contributed by atoms with E-state index in [4.69, 9.17) is 9.47 Å². The Morgan fingerprint density at radius 1 is 1.10 bits per heavy atom. The Bertz CT molecular complexity index is 1130. The number of hydrogen-bond acceptors (Lipinski definition) is 4. The first-order valence-corrected chi connectivity index (χ1v) is 11.2. The van der Waals surface area contributed by atoms with Crippen molar-refractivity contribution in [2.24, 2.45) is 0 Å². The Balaban J connectivity index is 1.39. The second kappa shape index (κ2) is 9.05. The fraction of sp³-hybridized carbons (Fsp3) is 0.385. The number of benzene rings is 2. The molecule has 0 spiro atoms. The van der Waals surface area contributed by atoms with E-state index in [1.807, 2.05) is 18.2 Å². The van der Waals surface area contributed by atoms with E-state index in [0.29, 0.717) is 5.56 Å². The number of fused-ring (bicyclic) bond motifs is 3. The number of pyridine rings is 1. The summed E-state index contributed by atoms with van der Waals surface area (Å²) in [5, 5.41) is 11.8. The first-order chi connectivity index (χ1) is 15.3. The molecule has 31 heavy (non-hydrogen) atoms. The quantitative estimate of drug-likeness (QED) is 0.456. The van der Waals surface area contributed by atoms with Gasteiger partial charge in [-0.25, -0.2) is 4.57 Å². The first kappa shape index (κ1) is 20.0. The number of aryl methyl sites for hydroxylation is 2. The number of nitrogens with zero attached hydrogens (tertiary/aromatic N) is 3. The number of nitriles is 1. The molecule has 0 radical (unpaired) electrons. The van der Waals surface area contributed by atoms with E-state index in [2.05, 4.69) is 46.0 Å². The Kier molecular flexibility index (Phi) is 5.84. The van der Waals surface area contributed by atoms with Crippen LogP contribution in [0.3, 0.4) is 0 Å². The van der Waals surface area contributed by atoms with E-state index in [1.54, 1.807) is 0 Å². The second-order valence-corrected chi connectivity index (χ2v) is 8.34. The van der Waals surface area contributed by atoms with Crippen LogP contribution in [0.4, 0.5) is 0 Å². The molecule has 0 aliphatic carbocycles. The van der Waals surface area contributed by atoms with Gasteiger partial charge >= 0.3 is 0 Å². The molecule has 3 heterocycles. The molecule has 0 bridgehead atoms. The topological polar surface area (TPSA) is 49.4 Å². The Labute approximate surface area is 183 Å². The van der Waals surface area contributed by atoms with E-state index in [9.17, 15) is 5.26 Å². The molecule has 1 aromatic heterocycles. The molecule has 2 aliphatic rings. The molecule has 1 saturated heterocycles. The maximum Gasteiger partial charge on any atom is 0.189 e. The molecule has 3 aromatic rings. The minimum absolute atomic E-state index is 0.691. The lowest BCUT2D eigenvalue weighted by Gasteiger charge is -2.26. The third kappa shape index (κ3) is 4.27. The zero-order valence-corrected chi connectivity index (χ0v) is 17.8. The van der Waals surface area contributed by atoms with Crippen LogP contribution in [0.15, 0.2) is 48.7 Å². The number of hydrogen-bond donors (Lipinski definition) is 0. The minimum atomic E-state index is 0.691. The van der Waals surface area contributed by atoms with Crippen molar-refractivity contribution in [3.05, 3.63) is 59.9 Å². The van der Waals surface area contributed by atoms with Crippen molar-refractivity contribution in [2.75, 3.05) is 39.5 Å². The molecule has 0 N–H and O–H groups in total. The highest BCUT2D eigenvalue weighted by Crippen LogP contribution is 2.33. The van der Waals surface area contributed by atoms with Crippen LogP contribution in [0, 0.1) is 11.3 Å². The van der Waals surface area contributed by atoms with Gasteiger partial charge in [0.1, 0.15) is 12.3 Å². The molecule has 2 aromatic carbocycles. The summed E-state index contributed by atoms with van der Waals surface area (Å²) in [6.07, 6.45) is 5.53. The Hall–Kier alpha value is -2.94. The van der Waals surface area contributed by atoms with Gasteiger partial charge in [-0.1, -0.05) is 12.1 Å². The predicted molar refractivity (Wildman–Crippen MR) is 120 cm³/mol. The standard InChI is InChI=1S/C26H28N3O2/c27-18-20-4-1-5-21(16-20)25-19-29-10-2-6-26(29)24-17-22(7-8-23(24)25)31-13-3-9-28-11-14-30-15-12-28/h1,4-5,7-8,16-17,19H,2-3,6,9-15H2/q+1. The summed E-state index contributed by atoms with van der Waals surface area (Å²) in [6, 6.07) is 16.6. The lowest BCUT2D eigenvalue weighted by Crippen LogP contribution is -2.37. The van der Waals surface area contributed by atoms with E-state index in [0.717, 1.165) is 70.2 Å². The van der Waals surface area contributed by atoms with Crippen molar-refractivity contribution >= 4 is 10.8 Å². The largest absolute Gasteiger partial charge is 0.494 e. The van der Waals surface area contributed by atoms with Gasteiger partial charge in [0.05, 0.1) is 42.4 Å². The maximum absolute atomic E-state index is 9.32. The maximum atomic E-state index is 9.32. The molecule has 158 valence electrons. The highest BCUT2D eigenvalue weighted by Gasteiger charge is 2.25. The van der Waals surface area contributed by atoms with Crippen LogP contribution in [0.1, 0.15) is 24.1 Å². The van der Waals surface area contributed by atoms with Gasteiger partial charge in [-0.05, 0) is 42.3 Å². The molecule has 5 heteroatoms. The molecule has 0 unspecified atom stereocenters. The first-order valence-electron chi connectivity index (χ1n) is 11.2. The molecule has 2 aliphatic heterocycles. The van der Waals surface area contributed by atoms with Crippen LogP contribution >= 0.6 is 0 Å². The number of ether oxygens (including phenoxy) is 2. The van der Waals surface area contributed by atoms with Gasteiger partial charge in [-0.15, -0.1) is 0 Å². The third-order valence-corrected chi connectivity index (χ3v) is 6.33. The summed E-state index contributed by atoms with van der Waals surface area (Å²) in [4.78, 5) is 2.44. The summed E-state index contributed by atoms with van der Waals surface area (Å²) in [5.41, 5.74) is 4.34. The van der Waals surface area contributed by atoms with E-state index in [1.165, 1.54) is 28.5 Å². The average Bonchev–Trinajstić information content (AvgIpc) is 3.31. The second-order valence-electron chi connectivity index (χ2n) is 8.34. The summed E-state index contributed by atoms with van der Waals surface area (Å²) in [5.74, 6) is 0.937. The van der Waals surface area contributed by atoms with Crippen molar-refractivity contribution in [2.45, 2.75) is 25.8 Å². The number of aromatic nitrogens is 1. The van der Waals surface area contributed by atoms with Crippen molar-refractivity contribution in [1.82, 2.24) is 4.90 Å². The van der Waals surface area contributed by atoms with Crippen LogP contribution < -0.4 is 9.30 Å². The van der Waals surface area contributed by atoms with Crippen LogP contribution in [0.2, 0.25) is 0 Å². The summed E-state index contributed by atoms with van der Waals surface area (Å²) < 4.78 is 13.9. The number of morpholine rings is 1. The Morgan fingerprint density at radius 2 is 2.00 bits per heavy atom. The Morgan fingerprint density at radius 3 is 2.87 bits per heavy atom. The molecular formula is C26H28N3O2+. The van der Waals surface area contributed by atoms with Crippen LogP contribution in [-0.2, 0) is 17.7 Å². The van der Waals surface area contributed by atoms with Crippen molar-refractivity contribution < 1.29 is 14.0 Å². The molecule has 0 amide bonds. The van der Waals surface area contributed by atoms with Gasteiger partial charge in [0.2, 0.25) is 0 Å². The summed E-state index contributed by atoms with van der Waals surface area (Å²) >= 11 is 0. The predicted octanol–water partition coefficient (Wildman–Crippen LogP) is 3.71. The van der Waals surface area contributed by atoms with E-state index in [-0.39, 0.29) is 0 Å². The molecule has 5 rings (SSSR count). The van der Waals surface area contributed by atoms with Crippen molar-refractivity contribution in [3.8, 4) is 22.9 Å². The smallest absolute Gasteiger partial charge is 0.189 e. The van der Waals surface area contributed by atoms with Crippen LogP contribution in [0.5, 0.6) is 5.75 Å². The van der Waals surface area contributed by atoms with Gasteiger partial charge in [-0.2, -0.15) is 5.26 Å². The minimum Gasteiger partial charge on any atom is -0.494 e. The number of rotatable bonds is 6. The zero-order valence-electron chi connectivity index (χ0n) is 17.8. The molecule has 0 atom stereocenters. The molecular weight excluding hydrogens is 386 g/mol. The molecule has 0 saturated carbocycles. The van der Waals surface area contributed by atoms with Crippen molar-refractivity contribution in [1.29, 1.82) is 5.26 Å². The monoisotopic (exact) mass is 414 g/mol. The van der Waals surface area contributed by atoms with Crippen molar-refractivity contribution in [3.63, 3.8) is 0 Å². The van der Waals surface area contributed by atoms with Crippen LogP contribution in [0.25, 0.3) is 21.9 Å². The van der Waals surface area contributed by atoms with Gasteiger partial charge in [-0.3, -0.25) is 4.90 Å². The fourth-order valence-corrected chi connectivity index (χ4v) is 4.73.